The number of hydrogen-bond acceptors (Lipinski definition) is 5. The highest BCUT2D eigenvalue weighted by Crippen LogP contribution is 2.05. The van der Waals surface area contributed by atoms with Crippen LogP contribution in [0.25, 0.3) is 0 Å². The summed E-state index contributed by atoms with van der Waals surface area (Å²) in [4.78, 5) is 35.3. The Morgan fingerprint density at radius 2 is 1.94 bits per heavy atom. The first kappa shape index (κ1) is 16.5. The van der Waals surface area contributed by atoms with Gasteiger partial charge in [-0.15, -0.1) is 0 Å². The predicted molar refractivity (Wildman–Crippen MR) is 67.6 cm³/mol. The number of Topliss-reactive ketones (excluding diaryl/α,β-unsaturated/α-hetero) is 1. The van der Waals surface area contributed by atoms with Crippen LogP contribution in [0.4, 0.5) is 0 Å². The van der Waals surface area contributed by atoms with E-state index in [-0.39, 0.29) is 18.1 Å². The number of nitrogens with one attached hydrogen (secondary N) is 2. The second-order valence-corrected chi connectivity index (χ2v) is 4.01. The molecule has 0 radical (unpaired) electrons. The third-order valence-corrected chi connectivity index (χ3v) is 2.55. The lowest BCUT2D eigenvalue weighted by Gasteiger charge is -2.29. The first-order valence-corrected chi connectivity index (χ1v) is 5.78. The topological polar surface area (TPSA) is 81.8 Å². The zero-order chi connectivity index (χ0) is 14.1. The minimum absolute atomic E-state index is 0.0196. The summed E-state index contributed by atoms with van der Waals surface area (Å²) in [6.07, 6.45) is 0.573. The molecule has 0 aliphatic heterocycles. The van der Waals surface area contributed by atoms with E-state index in [1.165, 1.54) is 23.9 Å². The predicted octanol–water partition coefficient (Wildman–Crippen LogP) is -1.40. The van der Waals surface area contributed by atoms with Gasteiger partial charge < -0.3 is 10.2 Å². The fourth-order valence-corrected chi connectivity index (χ4v) is 1.49. The lowest BCUT2D eigenvalue weighted by molar-refractivity contribution is -0.144. The average molecular weight is 258 g/mol. The van der Waals surface area contributed by atoms with Crippen LogP contribution in [-0.4, -0.2) is 68.3 Å². The normalized spacial score (nSPS) is 11.8. The van der Waals surface area contributed by atoms with Gasteiger partial charge in [0.1, 0.15) is 11.8 Å². The van der Waals surface area contributed by atoms with Gasteiger partial charge in [-0.2, -0.15) is 0 Å². The van der Waals surface area contributed by atoms with E-state index in [0.717, 1.165) is 0 Å². The van der Waals surface area contributed by atoms with Crippen molar-refractivity contribution in [2.45, 2.75) is 19.4 Å². The van der Waals surface area contributed by atoms with Gasteiger partial charge >= 0.3 is 0 Å². The smallest absolute Gasteiger partial charge is 0.259 e. The van der Waals surface area contributed by atoms with Crippen molar-refractivity contribution in [3.63, 3.8) is 0 Å². The highest BCUT2D eigenvalue weighted by molar-refractivity contribution is 5.89. The Morgan fingerprint density at radius 3 is 2.33 bits per heavy atom. The molecule has 1 unspecified atom stereocenters. The molecule has 18 heavy (non-hydrogen) atoms. The van der Waals surface area contributed by atoms with E-state index in [2.05, 4.69) is 10.7 Å². The fourth-order valence-electron chi connectivity index (χ4n) is 1.49. The van der Waals surface area contributed by atoms with Crippen molar-refractivity contribution >= 4 is 18.1 Å². The van der Waals surface area contributed by atoms with E-state index in [0.29, 0.717) is 19.5 Å². The number of hydrazine groups is 1. The van der Waals surface area contributed by atoms with Gasteiger partial charge in [0.05, 0.1) is 0 Å². The van der Waals surface area contributed by atoms with E-state index in [1.807, 2.05) is 0 Å². The van der Waals surface area contributed by atoms with E-state index in [1.54, 1.807) is 14.1 Å². The lowest BCUT2D eigenvalue weighted by atomic mass is 10.1. The molecule has 0 aromatic rings. The number of hydrogen-bond donors (Lipinski definition) is 2. The molecule has 0 aliphatic rings. The van der Waals surface area contributed by atoms with Crippen molar-refractivity contribution < 1.29 is 14.4 Å². The van der Waals surface area contributed by atoms with Crippen LogP contribution in [-0.2, 0) is 14.4 Å². The van der Waals surface area contributed by atoms with Gasteiger partial charge in [-0.3, -0.25) is 19.4 Å². The molecular formula is C11H22N4O3. The molecule has 0 saturated heterocycles. The molecule has 0 fully saturated rings. The Kier molecular flexibility index (Phi) is 7.89. The van der Waals surface area contributed by atoms with Gasteiger partial charge in [0, 0.05) is 33.6 Å². The summed E-state index contributed by atoms with van der Waals surface area (Å²) in [6.45, 7) is 2.47. The molecule has 0 aliphatic carbocycles. The maximum absolute atomic E-state index is 12.2. The number of nitrogens with zero attached hydrogens (tertiary/aromatic N) is 2. The second-order valence-electron chi connectivity index (χ2n) is 4.01. The number of rotatable bonds is 9. The van der Waals surface area contributed by atoms with Crippen molar-refractivity contribution in [2.24, 2.45) is 0 Å². The molecule has 104 valence electrons. The lowest BCUT2D eigenvalue weighted by Crippen LogP contribution is -2.53. The van der Waals surface area contributed by atoms with Crippen molar-refractivity contribution in [2.75, 3.05) is 34.2 Å². The largest absolute Gasteiger partial charge is 0.336 e. The van der Waals surface area contributed by atoms with E-state index < -0.39 is 6.04 Å². The Labute approximate surface area is 107 Å². The van der Waals surface area contributed by atoms with Gasteiger partial charge in [-0.05, 0) is 14.0 Å². The van der Waals surface area contributed by atoms with Gasteiger partial charge in [0.25, 0.3) is 5.91 Å². The number of carbonyl (C=O) groups is 3. The SMILES string of the molecule is CNCCN(NC)C(=O)C(CC(C)=O)N(C)C=O. The van der Waals surface area contributed by atoms with Crippen LogP contribution in [0.5, 0.6) is 0 Å². The summed E-state index contributed by atoms with van der Waals surface area (Å²) < 4.78 is 0. The molecule has 7 nitrogen and oxygen atoms in total. The molecule has 7 heteroatoms. The minimum Gasteiger partial charge on any atom is -0.336 e. The van der Waals surface area contributed by atoms with Gasteiger partial charge in [0.15, 0.2) is 0 Å². The van der Waals surface area contributed by atoms with Crippen LogP contribution in [0.1, 0.15) is 13.3 Å². The van der Waals surface area contributed by atoms with Crippen LogP contribution >= 0.6 is 0 Å². The molecule has 0 spiro atoms. The third-order valence-electron chi connectivity index (χ3n) is 2.55. The van der Waals surface area contributed by atoms with Crippen molar-refractivity contribution in [1.82, 2.24) is 20.7 Å². The Morgan fingerprint density at radius 1 is 1.33 bits per heavy atom. The molecule has 1 atom stereocenters. The number of amides is 2. The van der Waals surface area contributed by atoms with E-state index in [9.17, 15) is 14.4 Å². The van der Waals surface area contributed by atoms with E-state index >= 15 is 0 Å². The monoisotopic (exact) mass is 258 g/mol. The zero-order valence-corrected chi connectivity index (χ0v) is 11.4. The third kappa shape index (κ3) is 5.24. The van der Waals surface area contributed by atoms with Crippen LogP contribution < -0.4 is 10.7 Å². The molecule has 2 amide bonds. The number of likely N-dealkylation sites (N-methyl/N-ethyl adjacent to an activating group) is 2. The Balaban J connectivity index is 4.79. The zero-order valence-electron chi connectivity index (χ0n) is 11.4. The summed E-state index contributed by atoms with van der Waals surface area (Å²) in [6, 6.07) is -0.760. The standard InChI is InChI=1S/C11H22N4O3/c1-9(17)7-10(14(4)8-16)11(18)15(13-3)6-5-12-2/h8,10,12-13H,5-7H2,1-4H3. The van der Waals surface area contributed by atoms with Crippen molar-refractivity contribution in [3.05, 3.63) is 0 Å². The van der Waals surface area contributed by atoms with Gasteiger partial charge in [0.2, 0.25) is 6.41 Å². The van der Waals surface area contributed by atoms with Crippen LogP contribution in [0.15, 0.2) is 0 Å². The molecule has 0 heterocycles. The average Bonchev–Trinajstić information content (AvgIpc) is 2.35. The first-order chi connectivity index (χ1) is 8.47. The molecule has 0 aromatic heterocycles. The Bertz CT molecular complexity index is 296. The van der Waals surface area contributed by atoms with Crippen molar-refractivity contribution in [1.29, 1.82) is 0 Å². The molecular weight excluding hydrogens is 236 g/mol. The molecule has 0 saturated carbocycles. The molecule has 2 N–H and O–H groups in total. The van der Waals surface area contributed by atoms with Crippen molar-refractivity contribution in [3.8, 4) is 0 Å². The van der Waals surface area contributed by atoms with Gasteiger partial charge in [-0.25, -0.2) is 5.43 Å². The molecule has 0 aromatic carbocycles. The fraction of sp³-hybridized carbons (Fsp3) is 0.727. The quantitative estimate of drug-likeness (QED) is 0.393. The number of ketones is 1. The maximum Gasteiger partial charge on any atom is 0.259 e. The molecule has 0 rings (SSSR count). The van der Waals surface area contributed by atoms with E-state index in [4.69, 9.17) is 0 Å². The Hall–Kier alpha value is -1.47. The maximum atomic E-state index is 12.2. The van der Waals surface area contributed by atoms with Crippen LogP contribution in [0.2, 0.25) is 0 Å². The summed E-state index contributed by atoms with van der Waals surface area (Å²) >= 11 is 0. The van der Waals surface area contributed by atoms with Crippen LogP contribution in [0.3, 0.4) is 0 Å². The highest BCUT2D eigenvalue weighted by atomic mass is 16.2. The highest BCUT2D eigenvalue weighted by Gasteiger charge is 2.27. The molecule has 0 bridgehead atoms. The summed E-state index contributed by atoms with van der Waals surface area (Å²) in [5.74, 6) is -0.427. The minimum atomic E-state index is -0.760. The van der Waals surface area contributed by atoms with Crippen LogP contribution in [0, 0.1) is 0 Å². The first-order valence-electron chi connectivity index (χ1n) is 5.78. The summed E-state index contributed by atoms with van der Waals surface area (Å²) in [5, 5.41) is 4.32. The second kappa shape index (κ2) is 8.60. The summed E-state index contributed by atoms with van der Waals surface area (Å²) in [5.41, 5.74) is 2.76. The van der Waals surface area contributed by atoms with Gasteiger partial charge in [-0.1, -0.05) is 0 Å². The number of carbonyl (C=O) groups excluding carboxylic acids is 3. The summed E-state index contributed by atoms with van der Waals surface area (Å²) in [7, 11) is 4.90.